The van der Waals surface area contributed by atoms with E-state index in [0.717, 1.165) is 29.8 Å². The van der Waals surface area contributed by atoms with Crippen molar-refractivity contribution in [1.82, 2.24) is 0 Å². The molecule has 0 aliphatic heterocycles. The number of methoxy groups -OCH3 is 2. The Morgan fingerprint density at radius 2 is 1.59 bits per heavy atom. The van der Waals surface area contributed by atoms with Crippen molar-refractivity contribution in [2.45, 2.75) is 19.7 Å². The molecule has 0 amide bonds. The molecule has 0 aliphatic rings. The summed E-state index contributed by atoms with van der Waals surface area (Å²) in [6.45, 7) is 1.87. The number of esters is 1. The molecule has 9 heteroatoms. The maximum atomic E-state index is 12.7. The average Bonchev–Trinajstić information content (AvgIpc) is 2.83. The topological polar surface area (TPSA) is 66.4 Å². The van der Waals surface area contributed by atoms with Gasteiger partial charge in [-0.15, -0.1) is 0 Å². The van der Waals surface area contributed by atoms with Crippen molar-refractivity contribution in [3.05, 3.63) is 89.0 Å². The first-order chi connectivity index (χ1) is 16.2. The molecule has 0 radical (unpaired) electrons. The molecule has 0 heterocycles. The Bertz CT molecular complexity index is 1170. The minimum absolute atomic E-state index is 0.00907. The molecule has 6 nitrogen and oxygen atoms in total. The van der Waals surface area contributed by atoms with Crippen molar-refractivity contribution in [3.8, 4) is 17.2 Å². The Labute approximate surface area is 194 Å². The lowest BCUT2D eigenvalue weighted by Gasteiger charge is -2.10. The van der Waals surface area contributed by atoms with Gasteiger partial charge in [0.1, 0.15) is 12.4 Å². The van der Waals surface area contributed by atoms with Crippen LogP contribution < -0.4 is 14.2 Å². The maximum absolute atomic E-state index is 12.7. The normalized spacial score (nSPS) is 11.6. The van der Waals surface area contributed by atoms with Gasteiger partial charge in [-0.3, -0.25) is 0 Å². The van der Waals surface area contributed by atoms with Gasteiger partial charge in [0.05, 0.1) is 31.1 Å². The molecule has 0 saturated heterocycles. The fraction of sp³-hybridized carbons (Fsp3) is 0.200. The lowest BCUT2D eigenvalue weighted by atomic mass is 10.1. The van der Waals surface area contributed by atoms with Gasteiger partial charge in [-0.25, -0.2) is 4.79 Å². The molecule has 178 valence electrons. The Hall–Kier alpha value is -4.01. The zero-order valence-corrected chi connectivity index (χ0v) is 18.7. The van der Waals surface area contributed by atoms with E-state index in [1.54, 1.807) is 51.5 Å². The fourth-order valence-corrected chi connectivity index (χ4v) is 2.98. The van der Waals surface area contributed by atoms with E-state index < -0.39 is 17.7 Å². The van der Waals surface area contributed by atoms with Gasteiger partial charge in [0.15, 0.2) is 11.5 Å². The monoisotopic (exact) mass is 473 g/mol. The van der Waals surface area contributed by atoms with Crippen molar-refractivity contribution >= 4 is 11.7 Å². The van der Waals surface area contributed by atoms with Crippen LogP contribution in [0.1, 0.15) is 34.0 Å². The first-order valence-corrected chi connectivity index (χ1v) is 10.1. The average molecular weight is 473 g/mol. The number of hydrogen-bond donors (Lipinski definition) is 0. The van der Waals surface area contributed by atoms with E-state index in [9.17, 15) is 18.0 Å². The van der Waals surface area contributed by atoms with Crippen LogP contribution in [0.4, 0.5) is 13.2 Å². The lowest BCUT2D eigenvalue weighted by Crippen LogP contribution is -2.10. The Balaban J connectivity index is 1.62. The molecular weight excluding hydrogens is 451 g/mol. The number of oxime groups is 1. The van der Waals surface area contributed by atoms with Gasteiger partial charge >= 0.3 is 12.1 Å². The largest absolute Gasteiger partial charge is 0.493 e. The number of benzene rings is 3. The molecule has 0 N–H and O–H groups in total. The highest BCUT2D eigenvalue weighted by Crippen LogP contribution is 2.30. The fourth-order valence-electron chi connectivity index (χ4n) is 2.98. The number of nitrogens with zero attached hydrogens (tertiary/aromatic N) is 1. The molecule has 0 atom stereocenters. The molecule has 0 saturated carbocycles. The molecular formula is C25H22F3NO5. The van der Waals surface area contributed by atoms with Gasteiger partial charge in [0, 0.05) is 5.56 Å². The summed E-state index contributed by atoms with van der Waals surface area (Å²) in [4.78, 5) is 17.8. The first-order valence-electron chi connectivity index (χ1n) is 10.1. The summed E-state index contributed by atoms with van der Waals surface area (Å²) in [7, 11) is 3.09. The van der Waals surface area contributed by atoms with Gasteiger partial charge in [0.25, 0.3) is 0 Å². The highest BCUT2D eigenvalue weighted by molar-refractivity contribution is 5.98. The summed E-state index contributed by atoms with van der Waals surface area (Å²) >= 11 is 0. The van der Waals surface area contributed by atoms with Crippen LogP contribution >= 0.6 is 0 Å². The van der Waals surface area contributed by atoms with E-state index in [2.05, 4.69) is 5.16 Å². The van der Waals surface area contributed by atoms with Crippen molar-refractivity contribution in [2.24, 2.45) is 5.16 Å². The van der Waals surface area contributed by atoms with Gasteiger partial charge in [-0.1, -0.05) is 17.3 Å². The molecule has 0 spiro atoms. The minimum atomic E-state index is -4.46. The van der Waals surface area contributed by atoms with E-state index in [4.69, 9.17) is 19.0 Å². The van der Waals surface area contributed by atoms with Crippen LogP contribution in [0.2, 0.25) is 0 Å². The summed E-state index contributed by atoms with van der Waals surface area (Å²) in [5.41, 5.74) is 1.45. The van der Waals surface area contributed by atoms with Crippen LogP contribution in [-0.2, 0) is 17.6 Å². The van der Waals surface area contributed by atoms with Crippen molar-refractivity contribution in [1.29, 1.82) is 0 Å². The van der Waals surface area contributed by atoms with E-state index in [1.165, 1.54) is 6.07 Å². The van der Waals surface area contributed by atoms with Crippen molar-refractivity contribution < 1.29 is 37.0 Å². The van der Waals surface area contributed by atoms with Crippen LogP contribution in [0, 0.1) is 0 Å². The van der Waals surface area contributed by atoms with Crippen molar-refractivity contribution in [3.63, 3.8) is 0 Å². The van der Waals surface area contributed by atoms with Gasteiger partial charge in [0.2, 0.25) is 0 Å². The highest BCUT2D eigenvalue weighted by atomic mass is 19.4. The predicted molar refractivity (Wildman–Crippen MR) is 119 cm³/mol. The summed E-state index contributed by atoms with van der Waals surface area (Å²) < 4.78 is 53.7. The summed E-state index contributed by atoms with van der Waals surface area (Å²) in [6.07, 6.45) is -4.46. The van der Waals surface area contributed by atoms with E-state index in [1.807, 2.05) is 6.07 Å². The second-order valence-electron chi connectivity index (χ2n) is 7.13. The number of rotatable bonds is 8. The van der Waals surface area contributed by atoms with E-state index in [-0.39, 0.29) is 17.9 Å². The molecule has 34 heavy (non-hydrogen) atoms. The molecule has 3 aromatic carbocycles. The van der Waals surface area contributed by atoms with Crippen LogP contribution in [0.3, 0.4) is 0 Å². The molecule has 0 fully saturated rings. The highest BCUT2D eigenvalue weighted by Gasteiger charge is 2.30. The summed E-state index contributed by atoms with van der Waals surface area (Å²) in [5.74, 6) is 0.468. The Morgan fingerprint density at radius 3 is 2.24 bits per heavy atom. The zero-order valence-electron chi connectivity index (χ0n) is 18.7. The second kappa shape index (κ2) is 10.7. The zero-order chi connectivity index (χ0) is 24.7. The van der Waals surface area contributed by atoms with E-state index in [0.29, 0.717) is 22.8 Å². The number of carbonyl (C=O) groups is 1. The quantitative estimate of drug-likeness (QED) is 0.177. The molecule has 3 rings (SSSR count). The number of halogens is 3. The third kappa shape index (κ3) is 6.28. The lowest BCUT2D eigenvalue weighted by molar-refractivity contribution is -0.137. The molecule has 0 aliphatic carbocycles. The SMILES string of the molecule is COc1ccc(/C(C)=N/OCc2cccc(C(=O)Oc3ccc(C(F)(F)F)cc3)c2)cc1OC. The van der Waals surface area contributed by atoms with E-state index >= 15 is 0 Å². The smallest absolute Gasteiger partial charge is 0.416 e. The van der Waals surface area contributed by atoms with Crippen molar-refractivity contribution in [2.75, 3.05) is 14.2 Å². The standard InChI is InChI=1S/C25H22F3NO5/c1-16(18-7-12-22(31-2)23(14-18)32-3)29-33-15-17-5-4-6-19(13-17)24(30)34-21-10-8-20(9-11-21)25(26,27)28/h4-14H,15H2,1-3H3/b29-16+. The number of hydrogen-bond acceptors (Lipinski definition) is 6. The first kappa shape index (κ1) is 24.6. The predicted octanol–water partition coefficient (Wildman–Crippen LogP) is 5.88. The third-order valence-corrected chi connectivity index (χ3v) is 4.79. The molecule has 3 aromatic rings. The minimum Gasteiger partial charge on any atom is -0.493 e. The van der Waals surface area contributed by atoms with Gasteiger partial charge in [-0.05, 0) is 67.1 Å². The maximum Gasteiger partial charge on any atom is 0.416 e. The third-order valence-electron chi connectivity index (χ3n) is 4.79. The molecule has 0 aromatic heterocycles. The van der Waals surface area contributed by atoms with Crippen LogP contribution in [0.25, 0.3) is 0 Å². The van der Waals surface area contributed by atoms with Crippen LogP contribution in [0.15, 0.2) is 71.9 Å². The number of ether oxygens (including phenoxy) is 3. The van der Waals surface area contributed by atoms with Gasteiger partial charge < -0.3 is 19.0 Å². The number of alkyl halides is 3. The summed E-state index contributed by atoms with van der Waals surface area (Å²) in [6, 6.07) is 15.8. The van der Waals surface area contributed by atoms with Gasteiger partial charge in [-0.2, -0.15) is 13.2 Å². The number of carbonyl (C=O) groups excluding carboxylic acids is 1. The Kier molecular flexibility index (Phi) is 7.78. The molecule has 0 bridgehead atoms. The summed E-state index contributed by atoms with van der Waals surface area (Å²) in [5, 5.41) is 4.10. The van der Waals surface area contributed by atoms with Crippen LogP contribution in [0.5, 0.6) is 17.2 Å². The van der Waals surface area contributed by atoms with Crippen LogP contribution in [-0.4, -0.2) is 25.9 Å². The molecule has 0 unspecified atom stereocenters. The Morgan fingerprint density at radius 1 is 0.882 bits per heavy atom. The second-order valence-corrected chi connectivity index (χ2v) is 7.13.